The Labute approximate surface area is 149 Å². The third-order valence-corrected chi connectivity index (χ3v) is 5.69. The highest BCUT2D eigenvalue weighted by atomic mass is 32.2. The molecular formula is C15H17N3O5S2. The number of esters is 1. The quantitative estimate of drug-likeness (QED) is 0.737. The first kappa shape index (κ1) is 18.9. The molecule has 0 atom stereocenters. The van der Waals surface area contributed by atoms with Crippen LogP contribution in [0, 0.1) is 6.92 Å². The molecule has 25 heavy (non-hydrogen) atoms. The first-order valence-electron chi connectivity index (χ1n) is 7.15. The van der Waals surface area contributed by atoms with E-state index in [1.165, 1.54) is 38.3 Å². The Balaban J connectivity index is 2.17. The van der Waals surface area contributed by atoms with Gasteiger partial charge in [-0.1, -0.05) is 0 Å². The highest BCUT2D eigenvalue weighted by Gasteiger charge is 2.18. The second-order valence-corrected chi connectivity index (χ2v) is 7.86. The molecule has 0 aliphatic rings. The van der Waals surface area contributed by atoms with Crippen LogP contribution in [0.15, 0.2) is 29.2 Å². The van der Waals surface area contributed by atoms with Gasteiger partial charge in [0.25, 0.3) is 10.0 Å². The summed E-state index contributed by atoms with van der Waals surface area (Å²) in [6.45, 7) is 3.05. The molecule has 0 bridgehead atoms. The summed E-state index contributed by atoms with van der Waals surface area (Å²) < 4.78 is 31.8. The van der Waals surface area contributed by atoms with E-state index in [1.807, 2.05) is 0 Å². The standard InChI is InChI=1S/C15H17N3O5S2/c1-9-13(8-14(20)23-3)24-15(16-9)18-25(21,22)12-6-4-11(5-7-12)17-10(2)19/h4-7H,8H2,1-3H3,(H,16,18)(H,17,19). The van der Waals surface area contributed by atoms with E-state index in [0.717, 1.165) is 11.3 Å². The highest BCUT2D eigenvalue weighted by molar-refractivity contribution is 7.93. The number of aryl methyl sites for hydroxylation is 1. The van der Waals surface area contributed by atoms with Gasteiger partial charge in [-0.2, -0.15) is 0 Å². The molecule has 0 aliphatic carbocycles. The number of hydrogen-bond acceptors (Lipinski definition) is 7. The van der Waals surface area contributed by atoms with Crippen molar-refractivity contribution in [2.45, 2.75) is 25.2 Å². The van der Waals surface area contributed by atoms with Gasteiger partial charge in [0.1, 0.15) is 0 Å². The zero-order valence-corrected chi connectivity index (χ0v) is 15.5. The van der Waals surface area contributed by atoms with Crippen molar-refractivity contribution >= 4 is 44.1 Å². The van der Waals surface area contributed by atoms with Crippen LogP contribution >= 0.6 is 11.3 Å². The number of benzene rings is 1. The topological polar surface area (TPSA) is 114 Å². The zero-order chi connectivity index (χ0) is 18.6. The van der Waals surface area contributed by atoms with E-state index in [4.69, 9.17) is 0 Å². The van der Waals surface area contributed by atoms with E-state index in [2.05, 4.69) is 19.8 Å². The minimum absolute atomic E-state index is 0.0315. The molecule has 1 aromatic carbocycles. The summed E-state index contributed by atoms with van der Waals surface area (Å²) in [5, 5.41) is 2.73. The SMILES string of the molecule is COC(=O)Cc1sc(NS(=O)(=O)c2ccc(NC(C)=O)cc2)nc1C. The number of ether oxygens (including phenoxy) is 1. The number of carbonyl (C=O) groups is 2. The molecule has 1 aromatic heterocycles. The Hall–Kier alpha value is -2.46. The van der Waals surface area contributed by atoms with E-state index in [-0.39, 0.29) is 22.4 Å². The molecule has 134 valence electrons. The highest BCUT2D eigenvalue weighted by Crippen LogP contribution is 2.26. The number of amides is 1. The lowest BCUT2D eigenvalue weighted by atomic mass is 10.3. The summed E-state index contributed by atoms with van der Waals surface area (Å²) in [7, 11) is -2.54. The molecule has 8 nitrogen and oxygen atoms in total. The van der Waals surface area contributed by atoms with E-state index < -0.39 is 16.0 Å². The summed E-state index contributed by atoms with van der Waals surface area (Å²) in [4.78, 5) is 27.1. The molecule has 0 unspecified atom stereocenters. The van der Waals surface area contributed by atoms with Gasteiger partial charge in [0.05, 0.1) is 24.1 Å². The van der Waals surface area contributed by atoms with Gasteiger partial charge in [0.2, 0.25) is 5.91 Å². The number of carbonyl (C=O) groups excluding carboxylic acids is 2. The zero-order valence-electron chi connectivity index (χ0n) is 13.8. The van der Waals surface area contributed by atoms with Crippen LogP contribution < -0.4 is 10.0 Å². The van der Waals surface area contributed by atoms with E-state index in [0.29, 0.717) is 16.3 Å². The monoisotopic (exact) mass is 383 g/mol. The molecular weight excluding hydrogens is 366 g/mol. The second-order valence-electron chi connectivity index (χ2n) is 5.09. The van der Waals surface area contributed by atoms with Crippen molar-refractivity contribution in [3.63, 3.8) is 0 Å². The Morgan fingerprint density at radius 2 is 1.88 bits per heavy atom. The molecule has 0 fully saturated rings. The van der Waals surface area contributed by atoms with Gasteiger partial charge >= 0.3 is 5.97 Å². The summed E-state index contributed by atoms with van der Waals surface area (Å²) >= 11 is 1.08. The van der Waals surface area contributed by atoms with Crippen LogP contribution in [-0.2, 0) is 30.8 Å². The third-order valence-electron chi connectivity index (χ3n) is 3.13. The number of hydrogen-bond donors (Lipinski definition) is 2. The predicted octanol–water partition coefficient (Wildman–Crippen LogP) is 1.93. The Kier molecular flexibility index (Phi) is 5.75. The maximum Gasteiger partial charge on any atom is 0.310 e. The smallest absolute Gasteiger partial charge is 0.310 e. The number of nitrogens with zero attached hydrogens (tertiary/aromatic N) is 1. The van der Waals surface area contributed by atoms with Crippen molar-refractivity contribution in [1.82, 2.24) is 4.98 Å². The number of nitrogens with one attached hydrogen (secondary N) is 2. The van der Waals surface area contributed by atoms with Crippen molar-refractivity contribution in [3.8, 4) is 0 Å². The van der Waals surface area contributed by atoms with Crippen LogP contribution in [0.5, 0.6) is 0 Å². The lowest BCUT2D eigenvalue weighted by molar-refractivity contribution is -0.139. The van der Waals surface area contributed by atoms with Gasteiger partial charge in [0.15, 0.2) is 5.13 Å². The molecule has 2 aromatic rings. The minimum atomic E-state index is -3.83. The Morgan fingerprint density at radius 1 is 1.24 bits per heavy atom. The molecule has 1 amide bonds. The maximum absolute atomic E-state index is 12.4. The maximum atomic E-state index is 12.4. The number of thiazole rings is 1. The minimum Gasteiger partial charge on any atom is -0.469 e. The second kappa shape index (κ2) is 7.62. The molecule has 1 heterocycles. The van der Waals surface area contributed by atoms with Crippen LogP contribution in [0.25, 0.3) is 0 Å². The fourth-order valence-electron chi connectivity index (χ4n) is 1.93. The summed E-state index contributed by atoms with van der Waals surface area (Å²) in [6, 6.07) is 5.74. The van der Waals surface area contributed by atoms with Gasteiger partial charge in [0, 0.05) is 17.5 Å². The van der Waals surface area contributed by atoms with Crippen molar-refractivity contribution in [2.24, 2.45) is 0 Å². The fraction of sp³-hybridized carbons (Fsp3) is 0.267. The van der Waals surface area contributed by atoms with Gasteiger partial charge in [-0.05, 0) is 31.2 Å². The van der Waals surface area contributed by atoms with E-state index in [9.17, 15) is 18.0 Å². The lowest BCUT2D eigenvalue weighted by Crippen LogP contribution is -2.13. The molecule has 2 rings (SSSR count). The Bertz CT molecular complexity index is 888. The third kappa shape index (κ3) is 5.00. The van der Waals surface area contributed by atoms with Gasteiger partial charge < -0.3 is 10.1 Å². The molecule has 0 spiro atoms. The van der Waals surface area contributed by atoms with Crippen molar-refractivity contribution in [2.75, 3.05) is 17.1 Å². The number of aromatic nitrogens is 1. The average molecular weight is 383 g/mol. The normalized spacial score (nSPS) is 11.0. The van der Waals surface area contributed by atoms with E-state index >= 15 is 0 Å². The molecule has 0 radical (unpaired) electrons. The lowest BCUT2D eigenvalue weighted by Gasteiger charge is -2.06. The van der Waals surface area contributed by atoms with Gasteiger partial charge in [-0.3, -0.25) is 14.3 Å². The van der Waals surface area contributed by atoms with Crippen LogP contribution in [-0.4, -0.2) is 32.4 Å². The van der Waals surface area contributed by atoms with Crippen LogP contribution in [0.3, 0.4) is 0 Å². The Morgan fingerprint density at radius 3 is 2.44 bits per heavy atom. The van der Waals surface area contributed by atoms with Crippen LogP contribution in [0.2, 0.25) is 0 Å². The van der Waals surface area contributed by atoms with Crippen molar-refractivity contribution in [1.29, 1.82) is 0 Å². The molecule has 0 saturated carbocycles. The number of sulfonamides is 1. The van der Waals surface area contributed by atoms with Gasteiger partial charge in [-0.15, -0.1) is 11.3 Å². The molecule has 10 heteroatoms. The van der Waals surface area contributed by atoms with Crippen molar-refractivity contribution < 1.29 is 22.7 Å². The summed E-state index contributed by atoms with van der Waals surface area (Å²) in [5.41, 5.74) is 1.06. The number of rotatable bonds is 6. The fourth-order valence-corrected chi connectivity index (χ4v) is 4.12. The van der Waals surface area contributed by atoms with Gasteiger partial charge in [-0.25, -0.2) is 13.4 Å². The first-order valence-corrected chi connectivity index (χ1v) is 9.45. The largest absolute Gasteiger partial charge is 0.469 e. The first-order chi connectivity index (χ1) is 11.7. The molecule has 0 aliphatic heterocycles. The van der Waals surface area contributed by atoms with Crippen LogP contribution in [0.4, 0.5) is 10.8 Å². The molecule has 0 saturated heterocycles. The van der Waals surface area contributed by atoms with Crippen molar-refractivity contribution in [3.05, 3.63) is 34.8 Å². The summed E-state index contributed by atoms with van der Waals surface area (Å²) in [6.07, 6.45) is 0.0349. The van der Waals surface area contributed by atoms with E-state index in [1.54, 1.807) is 6.92 Å². The number of anilines is 2. The number of methoxy groups -OCH3 is 1. The predicted molar refractivity (Wildman–Crippen MR) is 94.1 cm³/mol. The van der Waals surface area contributed by atoms with Crippen LogP contribution in [0.1, 0.15) is 17.5 Å². The average Bonchev–Trinajstić information content (AvgIpc) is 2.85. The molecule has 2 N–H and O–H groups in total. The summed E-state index contributed by atoms with van der Waals surface area (Å²) in [5.74, 6) is -0.667.